The second kappa shape index (κ2) is 14.5. The number of anilines is 3. The zero-order valence-electron chi connectivity index (χ0n) is 26.6. The highest BCUT2D eigenvalue weighted by atomic mass is 16.5. The molecule has 0 amide bonds. The summed E-state index contributed by atoms with van der Waals surface area (Å²) in [5.74, 6) is 4.15. The van der Waals surface area contributed by atoms with E-state index >= 15 is 0 Å². The molecule has 0 unspecified atom stereocenters. The summed E-state index contributed by atoms with van der Waals surface area (Å²) in [4.78, 5) is 20.4. The number of fused-ring (bicyclic) bond motifs is 1. The summed E-state index contributed by atoms with van der Waals surface area (Å²) in [5, 5.41) is 7.86. The average molecular weight is 605 g/mol. The lowest BCUT2D eigenvalue weighted by molar-refractivity contribution is 0.205. The maximum atomic E-state index is 6.26. The fourth-order valence-corrected chi connectivity index (χ4v) is 5.40. The third-order valence-corrected chi connectivity index (χ3v) is 7.80. The molecule has 0 atom stereocenters. The summed E-state index contributed by atoms with van der Waals surface area (Å²) in [6.07, 6.45) is 5.03. The Hall–Kier alpha value is -4.29. The number of hydrogen-bond acceptors (Lipinski definition) is 12. The number of nitrogens with zero attached hydrogens (tertiary/aromatic N) is 6. The van der Waals surface area contributed by atoms with Gasteiger partial charge in [0.05, 0.1) is 32.5 Å². The van der Waals surface area contributed by atoms with Crippen molar-refractivity contribution in [3.63, 3.8) is 0 Å². The van der Waals surface area contributed by atoms with Crippen LogP contribution in [0.25, 0.3) is 10.9 Å². The van der Waals surface area contributed by atoms with Gasteiger partial charge in [-0.15, -0.1) is 0 Å². The van der Waals surface area contributed by atoms with Crippen molar-refractivity contribution < 1.29 is 18.6 Å². The summed E-state index contributed by atoms with van der Waals surface area (Å²) in [6.45, 7) is 4.69. The van der Waals surface area contributed by atoms with Crippen LogP contribution in [0.4, 0.5) is 17.5 Å². The van der Waals surface area contributed by atoms with E-state index in [1.807, 2.05) is 12.1 Å². The molecule has 12 nitrogen and oxygen atoms in total. The monoisotopic (exact) mass is 604 g/mol. The number of benzene rings is 2. The van der Waals surface area contributed by atoms with Gasteiger partial charge in [-0.25, -0.2) is 9.97 Å². The van der Waals surface area contributed by atoms with Gasteiger partial charge in [0.2, 0.25) is 5.95 Å². The molecule has 0 saturated carbocycles. The molecule has 2 aromatic heterocycles. The van der Waals surface area contributed by atoms with E-state index < -0.39 is 0 Å². The van der Waals surface area contributed by atoms with Crippen LogP contribution in [0.3, 0.4) is 0 Å². The first kappa shape index (κ1) is 31.1. The maximum absolute atomic E-state index is 6.26. The third-order valence-electron chi connectivity index (χ3n) is 7.80. The number of likely N-dealkylation sites (N-methyl/N-ethyl adjacent to an activating group) is 1. The predicted octanol–water partition coefficient (Wildman–Crippen LogP) is 4.33. The fraction of sp³-hybridized carbons (Fsp3) is 0.469. The molecular formula is C32H44N8O4. The molecule has 0 aliphatic carbocycles. The Labute approximate surface area is 259 Å². The molecule has 0 radical (unpaired) electrons. The highest BCUT2D eigenvalue weighted by Crippen LogP contribution is 2.36. The Balaban J connectivity index is 1.31. The van der Waals surface area contributed by atoms with Crippen LogP contribution in [0.1, 0.15) is 24.2 Å². The molecule has 5 rings (SSSR count). The fourth-order valence-electron chi connectivity index (χ4n) is 5.40. The Kier molecular flexibility index (Phi) is 10.2. The summed E-state index contributed by atoms with van der Waals surface area (Å²) in [7, 11) is 11.6. The topological polar surface area (TPSA) is 113 Å². The van der Waals surface area contributed by atoms with E-state index in [2.05, 4.69) is 76.7 Å². The first-order valence-corrected chi connectivity index (χ1v) is 14.9. The smallest absolute Gasteiger partial charge is 0.225 e. The Morgan fingerprint density at radius 1 is 1.00 bits per heavy atom. The van der Waals surface area contributed by atoms with Crippen LogP contribution in [0.2, 0.25) is 0 Å². The Bertz CT molecular complexity index is 1500. The summed E-state index contributed by atoms with van der Waals surface area (Å²) < 4.78 is 22.8. The molecular weight excluding hydrogens is 560 g/mol. The van der Waals surface area contributed by atoms with E-state index in [0.29, 0.717) is 36.4 Å². The first-order chi connectivity index (χ1) is 21.3. The largest absolute Gasteiger partial charge is 0.493 e. The molecule has 1 saturated heterocycles. The summed E-state index contributed by atoms with van der Waals surface area (Å²) >= 11 is 0. The van der Waals surface area contributed by atoms with Crippen molar-refractivity contribution in [1.29, 1.82) is 0 Å². The lowest BCUT2D eigenvalue weighted by atomic mass is 10.0. The molecule has 1 aliphatic heterocycles. The van der Waals surface area contributed by atoms with Crippen molar-refractivity contribution in [2.75, 3.05) is 84.2 Å². The van der Waals surface area contributed by atoms with Gasteiger partial charge in [0.1, 0.15) is 23.9 Å². The van der Waals surface area contributed by atoms with Crippen LogP contribution in [0, 0.1) is 0 Å². The molecule has 1 fully saturated rings. The van der Waals surface area contributed by atoms with Gasteiger partial charge in [-0.1, -0.05) is 6.07 Å². The number of hydrogen-bond donors (Lipinski definition) is 2. The second-order valence-corrected chi connectivity index (χ2v) is 11.4. The van der Waals surface area contributed by atoms with E-state index in [1.165, 1.54) is 17.6 Å². The van der Waals surface area contributed by atoms with E-state index in [-0.39, 0.29) is 6.04 Å². The van der Waals surface area contributed by atoms with E-state index in [0.717, 1.165) is 61.5 Å². The van der Waals surface area contributed by atoms with Crippen LogP contribution in [-0.2, 0) is 13.1 Å². The van der Waals surface area contributed by atoms with Crippen molar-refractivity contribution in [3.8, 4) is 17.2 Å². The van der Waals surface area contributed by atoms with Gasteiger partial charge in [-0.05, 0) is 45.1 Å². The number of rotatable bonds is 14. The molecule has 12 heteroatoms. The van der Waals surface area contributed by atoms with Gasteiger partial charge in [0.25, 0.3) is 0 Å². The Morgan fingerprint density at radius 3 is 2.45 bits per heavy atom. The minimum Gasteiger partial charge on any atom is -0.493 e. The highest BCUT2D eigenvalue weighted by molar-refractivity contribution is 5.92. The minimum atomic E-state index is 0.250. The third kappa shape index (κ3) is 7.61. The predicted molar refractivity (Wildman–Crippen MR) is 173 cm³/mol. The highest BCUT2D eigenvalue weighted by Gasteiger charge is 2.24. The van der Waals surface area contributed by atoms with Crippen molar-refractivity contribution >= 4 is 28.4 Å². The van der Waals surface area contributed by atoms with Gasteiger partial charge in [-0.3, -0.25) is 4.90 Å². The quantitative estimate of drug-likeness (QED) is 0.214. The molecule has 0 spiro atoms. The van der Waals surface area contributed by atoms with E-state index in [4.69, 9.17) is 28.6 Å². The van der Waals surface area contributed by atoms with Crippen LogP contribution >= 0.6 is 0 Å². The van der Waals surface area contributed by atoms with Gasteiger partial charge in [-0.2, -0.15) is 4.98 Å². The normalized spacial score (nSPS) is 14.2. The van der Waals surface area contributed by atoms with E-state index in [9.17, 15) is 0 Å². The summed E-state index contributed by atoms with van der Waals surface area (Å²) in [6, 6.07) is 10.4. The molecule has 1 aliphatic rings. The zero-order chi connectivity index (χ0) is 31.1. The van der Waals surface area contributed by atoms with Crippen LogP contribution in [0.15, 0.2) is 47.3 Å². The lowest BCUT2D eigenvalue weighted by Crippen LogP contribution is -2.39. The number of methoxy groups -OCH3 is 2. The molecule has 3 heterocycles. The number of piperidine rings is 1. The molecule has 4 aromatic rings. The number of nitrogens with one attached hydrogen (secondary N) is 2. The van der Waals surface area contributed by atoms with Crippen LogP contribution in [0.5, 0.6) is 17.2 Å². The van der Waals surface area contributed by atoms with Crippen molar-refractivity contribution in [2.45, 2.75) is 32.0 Å². The minimum absolute atomic E-state index is 0.250. The molecule has 44 heavy (non-hydrogen) atoms. The number of ether oxygens (including phenoxy) is 3. The lowest BCUT2D eigenvalue weighted by Gasteiger charge is -2.34. The number of aromatic nitrogens is 3. The zero-order valence-corrected chi connectivity index (χ0v) is 26.6. The van der Waals surface area contributed by atoms with Crippen molar-refractivity contribution in [3.05, 3.63) is 54.2 Å². The van der Waals surface area contributed by atoms with Crippen LogP contribution < -0.4 is 29.7 Å². The second-order valence-electron chi connectivity index (χ2n) is 11.4. The maximum Gasteiger partial charge on any atom is 0.225 e. The molecule has 2 aromatic carbocycles. The van der Waals surface area contributed by atoms with E-state index in [1.54, 1.807) is 20.4 Å². The Morgan fingerprint density at radius 2 is 1.77 bits per heavy atom. The van der Waals surface area contributed by atoms with Gasteiger partial charge in [0.15, 0.2) is 17.9 Å². The molecule has 2 N–H and O–H groups in total. The van der Waals surface area contributed by atoms with Crippen molar-refractivity contribution in [2.24, 2.45) is 0 Å². The first-order valence-electron chi connectivity index (χ1n) is 14.9. The summed E-state index contributed by atoms with van der Waals surface area (Å²) in [5.41, 5.74) is 3.17. The van der Waals surface area contributed by atoms with Crippen molar-refractivity contribution in [1.82, 2.24) is 24.8 Å². The van der Waals surface area contributed by atoms with Gasteiger partial charge < -0.3 is 39.1 Å². The molecule has 0 bridgehead atoms. The average Bonchev–Trinajstić information content (AvgIpc) is 3.54. The standard InChI is InChI=1S/C32H44N8O4/c1-38(2)14-15-43-28-9-7-8-27(39(3)4)25(28)20-40-12-10-22(11-13-40)35-31-24-16-29(41-5)30(42-6)17-26(24)36-32(37-31)34-19-23-18-33-21-44-23/h7-9,16-18,21-22H,10-15,19-20H2,1-6H3,(H2,34,35,36,37). The van der Waals surface area contributed by atoms with Gasteiger partial charge >= 0.3 is 0 Å². The number of oxazole rings is 1. The SMILES string of the molecule is COc1cc2nc(NCc3cnco3)nc(NC3CCN(Cc4c(OCCN(C)C)cccc4N(C)C)CC3)c2cc1OC. The molecule has 236 valence electrons. The number of likely N-dealkylation sites (tertiary alicyclic amines) is 1. The van der Waals surface area contributed by atoms with Crippen LogP contribution in [-0.4, -0.2) is 99.4 Å². The van der Waals surface area contributed by atoms with Gasteiger partial charge in [0, 0.05) is 69.0 Å².